The Balaban J connectivity index is -0.0000000150. The maximum Gasteiger partial charge on any atom is 1.00 e. The third kappa shape index (κ3) is 30.4. The number of hydrogen-bond acceptors (Lipinski definition) is 2. The summed E-state index contributed by atoms with van der Waals surface area (Å²) in [5.41, 5.74) is 0. The first-order valence-corrected chi connectivity index (χ1v) is 1.13. The molecule has 0 aliphatic heterocycles. The van der Waals surface area contributed by atoms with E-state index in [1.165, 1.54) is 0 Å². The average molecular weight is 140 g/mol. The Labute approximate surface area is 94.7 Å². The van der Waals surface area contributed by atoms with Gasteiger partial charge in [0, 0.05) is 0 Å². The Kier molecular flexibility index (Phi) is 78.2. The van der Waals surface area contributed by atoms with Crippen LogP contribution in [0.2, 0.25) is 0 Å². The van der Waals surface area contributed by atoms with Gasteiger partial charge in [0.05, 0.1) is 13.2 Å². The van der Waals surface area contributed by atoms with Crippen LogP contribution >= 0.6 is 0 Å². The van der Waals surface area contributed by atoms with Gasteiger partial charge in [0.25, 0.3) is 0 Å². The van der Waals surface area contributed by atoms with Crippen LogP contribution in [0.4, 0.5) is 0 Å². The molecule has 0 bridgehead atoms. The van der Waals surface area contributed by atoms with E-state index in [4.69, 9.17) is 10.2 Å². The number of rotatable bonds is 1. The van der Waals surface area contributed by atoms with Crippen LogP contribution in [0, 0.1) is 0 Å². The Morgan fingerprint density at radius 3 is 1.00 bits per heavy atom. The van der Waals surface area contributed by atoms with Gasteiger partial charge >= 0.3 is 59.1 Å². The molecule has 0 aliphatic carbocycles. The molecular weight excluding hydrogens is 134 g/mol. The van der Waals surface area contributed by atoms with Crippen molar-refractivity contribution in [3.05, 3.63) is 0 Å². The van der Waals surface area contributed by atoms with Gasteiger partial charge < -0.3 is 23.7 Å². The molecule has 0 aromatic rings. The van der Waals surface area contributed by atoms with Gasteiger partial charge in [-0.25, -0.2) is 0 Å². The summed E-state index contributed by atoms with van der Waals surface area (Å²) in [5.74, 6) is 0. The molecule has 0 saturated carbocycles. The van der Waals surface area contributed by atoms with Gasteiger partial charge in [-0.05, 0) is 0 Å². The molecule has 0 atom stereocenters. The van der Waals surface area contributed by atoms with Crippen LogP contribution in [0.3, 0.4) is 0 Å². The van der Waals surface area contributed by atoms with E-state index in [0.29, 0.717) is 0 Å². The van der Waals surface area contributed by atoms with E-state index in [-0.39, 0.29) is 85.8 Å². The van der Waals surface area contributed by atoms with Gasteiger partial charge in [-0.2, -0.15) is 0 Å². The predicted octanol–water partition coefficient (Wildman–Crippen LogP) is -7.02. The fourth-order valence-corrected chi connectivity index (χ4v) is 0. The van der Waals surface area contributed by atoms with Crippen molar-refractivity contribution in [2.75, 3.05) is 13.2 Å². The standard InChI is InChI=1S/C2H6O2.2Na.S/c3-1-2-4;;;/h3-4H,1-2H2;;;/q;2*+1;-2. The summed E-state index contributed by atoms with van der Waals surface area (Å²) >= 11 is 0. The van der Waals surface area contributed by atoms with Gasteiger partial charge in [0.15, 0.2) is 0 Å². The van der Waals surface area contributed by atoms with Crippen LogP contribution in [0.15, 0.2) is 0 Å². The molecule has 2 N–H and O–H groups in total. The van der Waals surface area contributed by atoms with E-state index >= 15 is 0 Å². The second kappa shape index (κ2) is 24.0. The minimum atomic E-state index is -0.125. The summed E-state index contributed by atoms with van der Waals surface area (Å²) in [6.07, 6.45) is 0. The Bertz CT molecular complexity index is 15.7. The Hall–Kier alpha value is 2.27. The molecule has 0 aromatic carbocycles. The van der Waals surface area contributed by atoms with E-state index in [1.807, 2.05) is 0 Å². The molecule has 34 valence electrons. The number of aliphatic hydroxyl groups is 2. The van der Waals surface area contributed by atoms with E-state index in [1.54, 1.807) is 0 Å². The summed E-state index contributed by atoms with van der Waals surface area (Å²) in [4.78, 5) is 0. The summed E-state index contributed by atoms with van der Waals surface area (Å²) in [6, 6.07) is 0. The van der Waals surface area contributed by atoms with Gasteiger partial charge in [-0.1, -0.05) is 0 Å². The normalized spacial score (nSPS) is 4.29. The van der Waals surface area contributed by atoms with Crippen molar-refractivity contribution < 1.29 is 69.3 Å². The van der Waals surface area contributed by atoms with Crippen molar-refractivity contribution in [3.63, 3.8) is 0 Å². The number of aliphatic hydroxyl groups excluding tert-OH is 2. The van der Waals surface area contributed by atoms with Crippen LogP contribution < -0.4 is 59.1 Å². The Morgan fingerprint density at radius 2 is 1.00 bits per heavy atom. The fraction of sp³-hybridized carbons (Fsp3) is 1.00. The molecule has 0 fully saturated rings. The summed E-state index contributed by atoms with van der Waals surface area (Å²) < 4.78 is 0. The predicted molar refractivity (Wildman–Crippen MR) is 21.5 cm³/mol. The van der Waals surface area contributed by atoms with Crippen molar-refractivity contribution in [3.8, 4) is 0 Å². The largest absolute Gasteiger partial charge is 2.00 e. The molecule has 0 aliphatic rings. The summed E-state index contributed by atoms with van der Waals surface area (Å²) in [6.45, 7) is -0.250. The molecule has 0 spiro atoms. The minimum absolute atomic E-state index is 0. The van der Waals surface area contributed by atoms with Gasteiger partial charge in [0.1, 0.15) is 0 Å². The molecule has 7 heavy (non-hydrogen) atoms. The van der Waals surface area contributed by atoms with Gasteiger partial charge in [-0.15, -0.1) is 0 Å². The summed E-state index contributed by atoms with van der Waals surface area (Å²) in [7, 11) is 0. The minimum Gasteiger partial charge on any atom is -2.00 e. The first-order valence-electron chi connectivity index (χ1n) is 1.13. The first-order chi connectivity index (χ1) is 1.91. The van der Waals surface area contributed by atoms with Crippen molar-refractivity contribution in [2.24, 2.45) is 0 Å². The molecule has 0 radical (unpaired) electrons. The zero-order valence-electron chi connectivity index (χ0n) is 4.72. The second-order valence-corrected chi connectivity index (χ2v) is 0.447. The van der Waals surface area contributed by atoms with Crippen molar-refractivity contribution in [2.45, 2.75) is 0 Å². The maximum atomic E-state index is 7.62. The smallest absolute Gasteiger partial charge is 1.00 e. The SMILES string of the molecule is OCCO.[Na+].[Na+].[S-2]. The molecule has 5 heteroatoms. The average Bonchev–Trinajstić information content (AvgIpc) is 1.37. The molecule has 0 unspecified atom stereocenters. The molecule has 0 heterocycles. The van der Waals surface area contributed by atoms with Crippen molar-refractivity contribution in [1.82, 2.24) is 0 Å². The second-order valence-electron chi connectivity index (χ2n) is 0.447. The van der Waals surface area contributed by atoms with Crippen molar-refractivity contribution in [1.29, 1.82) is 0 Å². The van der Waals surface area contributed by atoms with Crippen LogP contribution in [0.5, 0.6) is 0 Å². The maximum absolute atomic E-state index is 7.62. The van der Waals surface area contributed by atoms with Gasteiger partial charge in [-0.3, -0.25) is 0 Å². The third-order valence-electron chi connectivity index (χ3n) is 0.1000. The Morgan fingerprint density at radius 1 is 0.857 bits per heavy atom. The monoisotopic (exact) mass is 140 g/mol. The molecule has 0 rings (SSSR count). The van der Waals surface area contributed by atoms with E-state index in [9.17, 15) is 0 Å². The molecule has 0 saturated heterocycles. The first kappa shape index (κ1) is 22.8. The van der Waals surface area contributed by atoms with Gasteiger partial charge in [0.2, 0.25) is 0 Å². The summed E-state index contributed by atoms with van der Waals surface area (Å²) in [5, 5.41) is 15.2. The van der Waals surface area contributed by atoms with E-state index in [0.717, 1.165) is 0 Å². The van der Waals surface area contributed by atoms with E-state index < -0.39 is 0 Å². The zero-order valence-corrected chi connectivity index (χ0v) is 9.53. The van der Waals surface area contributed by atoms with E-state index in [2.05, 4.69) is 0 Å². The molecule has 0 aromatic heterocycles. The topological polar surface area (TPSA) is 40.5 Å². The molecular formula is C2H6Na2O2S. The van der Waals surface area contributed by atoms with Crippen LogP contribution in [-0.2, 0) is 13.5 Å². The molecule has 2 nitrogen and oxygen atoms in total. The quantitative estimate of drug-likeness (QED) is 0.355. The number of hydrogen-bond donors (Lipinski definition) is 2. The van der Waals surface area contributed by atoms with Crippen LogP contribution in [-0.4, -0.2) is 23.4 Å². The third-order valence-corrected chi connectivity index (χ3v) is 0.1000. The van der Waals surface area contributed by atoms with Crippen LogP contribution in [0.1, 0.15) is 0 Å². The van der Waals surface area contributed by atoms with Crippen LogP contribution in [0.25, 0.3) is 0 Å². The fourth-order valence-electron chi connectivity index (χ4n) is 0. The zero-order chi connectivity index (χ0) is 3.41. The van der Waals surface area contributed by atoms with Crippen molar-refractivity contribution >= 4 is 13.5 Å². The molecule has 0 amide bonds.